The summed E-state index contributed by atoms with van der Waals surface area (Å²) in [5.41, 5.74) is 0. The molecule has 1 N–H and O–H groups in total. The van der Waals surface area contributed by atoms with Gasteiger partial charge >= 0.3 is 0 Å². The molecule has 76 valence electrons. The van der Waals surface area contributed by atoms with Gasteiger partial charge in [0.2, 0.25) is 0 Å². The molecule has 0 aromatic rings. The highest BCUT2D eigenvalue weighted by atomic mass is 15.2. The Morgan fingerprint density at radius 3 is 2.15 bits per heavy atom. The van der Waals surface area contributed by atoms with Crippen LogP contribution in [0.25, 0.3) is 0 Å². The van der Waals surface area contributed by atoms with Gasteiger partial charge in [-0.2, -0.15) is 0 Å². The van der Waals surface area contributed by atoms with Crippen molar-refractivity contribution in [3.63, 3.8) is 0 Å². The molecule has 2 fully saturated rings. The van der Waals surface area contributed by atoms with Gasteiger partial charge in [-0.15, -0.1) is 0 Å². The molecular formula is C11H22N2. The smallest absolute Gasteiger partial charge is 0.00902 e. The van der Waals surface area contributed by atoms with Gasteiger partial charge in [-0.1, -0.05) is 13.8 Å². The Kier molecular flexibility index (Phi) is 2.89. The summed E-state index contributed by atoms with van der Waals surface area (Å²) in [6.45, 7) is 9.87. The number of hydrogen-bond donors (Lipinski definition) is 1. The predicted octanol–water partition coefficient (Wildman–Crippen LogP) is 1.33. The average molecular weight is 182 g/mol. The molecule has 2 nitrogen and oxygen atoms in total. The number of rotatable bonds is 3. The lowest BCUT2D eigenvalue weighted by atomic mass is 10.0. The Balaban J connectivity index is 1.90. The number of nitrogens with zero attached hydrogens (tertiary/aromatic N) is 1. The van der Waals surface area contributed by atoms with E-state index in [1.807, 2.05) is 0 Å². The minimum atomic E-state index is 0.852. The molecule has 0 saturated carbocycles. The summed E-state index contributed by atoms with van der Waals surface area (Å²) >= 11 is 0. The van der Waals surface area contributed by atoms with E-state index >= 15 is 0 Å². The van der Waals surface area contributed by atoms with E-state index in [0.29, 0.717) is 0 Å². The zero-order valence-corrected chi connectivity index (χ0v) is 8.92. The third-order valence-corrected chi connectivity index (χ3v) is 3.88. The molecule has 2 saturated heterocycles. The van der Waals surface area contributed by atoms with Gasteiger partial charge in [0.15, 0.2) is 0 Å². The highest BCUT2D eigenvalue weighted by Gasteiger charge is 2.37. The zero-order valence-electron chi connectivity index (χ0n) is 8.92. The van der Waals surface area contributed by atoms with E-state index < -0.39 is 0 Å². The van der Waals surface area contributed by atoms with E-state index in [9.17, 15) is 0 Å². The maximum absolute atomic E-state index is 3.49. The van der Waals surface area contributed by atoms with Crippen LogP contribution >= 0.6 is 0 Å². The summed E-state index contributed by atoms with van der Waals surface area (Å²) in [4.78, 5) is 2.72. The van der Waals surface area contributed by atoms with Gasteiger partial charge in [0.05, 0.1) is 0 Å². The van der Waals surface area contributed by atoms with E-state index in [4.69, 9.17) is 0 Å². The van der Waals surface area contributed by atoms with Crippen LogP contribution in [0.5, 0.6) is 0 Å². The predicted molar refractivity (Wildman–Crippen MR) is 55.8 cm³/mol. The largest absolute Gasteiger partial charge is 0.316 e. The highest BCUT2D eigenvalue weighted by Crippen LogP contribution is 2.28. The summed E-state index contributed by atoms with van der Waals surface area (Å²) in [5, 5.41) is 3.49. The summed E-state index contributed by atoms with van der Waals surface area (Å²) in [5.74, 6) is 1.92. The quantitative estimate of drug-likeness (QED) is 0.708. The van der Waals surface area contributed by atoms with Crippen molar-refractivity contribution in [1.82, 2.24) is 10.2 Å². The first-order valence-electron chi connectivity index (χ1n) is 5.79. The van der Waals surface area contributed by atoms with Crippen LogP contribution in [0.3, 0.4) is 0 Å². The molecule has 0 spiro atoms. The van der Waals surface area contributed by atoms with Crippen molar-refractivity contribution in [2.75, 3.05) is 26.2 Å². The molecule has 2 heterocycles. The van der Waals surface area contributed by atoms with Crippen molar-refractivity contribution in [1.29, 1.82) is 0 Å². The topological polar surface area (TPSA) is 15.3 Å². The van der Waals surface area contributed by atoms with Crippen molar-refractivity contribution < 1.29 is 0 Å². The van der Waals surface area contributed by atoms with Crippen molar-refractivity contribution in [3.8, 4) is 0 Å². The first-order valence-corrected chi connectivity index (χ1v) is 5.79. The summed E-state index contributed by atoms with van der Waals surface area (Å²) in [6.07, 6.45) is 2.65. The van der Waals surface area contributed by atoms with E-state index in [0.717, 1.165) is 17.9 Å². The molecule has 2 atom stereocenters. The molecule has 0 bridgehead atoms. The Hall–Kier alpha value is -0.0800. The lowest BCUT2D eigenvalue weighted by Gasteiger charge is -2.26. The van der Waals surface area contributed by atoms with Crippen LogP contribution in [-0.4, -0.2) is 37.1 Å². The molecule has 13 heavy (non-hydrogen) atoms. The molecule has 0 aromatic heterocycles. The standard InChI is InChI=1S/C11H22N2/c1-3-11(4-2)13-7-9-5-12-6-10(9)8-13/h9-12H,3-8H2,1-2H3/t9-,10+. The molecule has 0 radical (unpaired) electrons. The fraction of sp³-hybridized carbons (Fsp3) is 1.00. The van der Waals surface area contributed by atoms with Gasteiger partial charge in [-0.3, -0.25) is 4.90 Å². The van der Waals surface area contributed by atoms with Crippen LogP contribution in [0.4, 0.5) is 0 Å². The first kappa shape index (κ1) is 9.47. The maximum Gasteiger partial charge on any atom is 0.00902 e. The second-order valence-corrected chi connectivity index (χ2v) is 4.60. The van der Waals surface area contributed by atoms with Gasteiger partial charge in [0, 0.05) is 19.1 Å². The van der Waals surface area contributed by atoms with Gasteiger partial charge in [0.25, 0.3) is 0 Å². The second kappa shape index (κ2) is 3.97. The molecule has 2 aliphatic heterocycles. The van der Waals surface area contributed by atoms with Crippen LogP contribution in [0.2, 0.25) is 0 Å². The molecule has 2 rings (SSSR count). The van der Waals surface area contributed by atoms with Crippen LogP contribution < -0.4 is 5.32 Å². The third kappa shape index (κ3) is 1.75. The zero-order chi connectivity index (χ0) is 9.26. The number of fused-ring (bicyclic) bond motifs is 1. The fourth-order valence-corrected chi connectivity index (χ4v) is 2.99. The highest BCUT2D eigenvalue weighted by molar-refractivity contribution is 4.92. The minimum absolute atomic E-state index is 0.852. The Labute approximate surface area is 81.7 Å². The van der Waals surface area contributed by atoms with Gasteiger partial charge < -0.3 is 5.32 Å². The molecule has 0 amide bonds. The summed E-state index contributed by atoms with van der Waals surface area (Å²) < 4.78 is 0. The second-order valence-electron chi connectivity index (χ2n) is 4.60. The summed E-state index contributed by atoms with van der Waals surface area (Å²) in [7, 11) is 0. The van der Waals surface area contributed by atoms with E-state index in [1.165, 1.54) is 39.0 Å². The molecule has 2 heteroatoms. The first-order chi connectivity index (χ1) is 6.35. The molecule has 0 aliphatic carbocycles. The maximum atomic E-state index is 3.49. The average Bonchev–Trinajstić information content (AvgIpc) is 2.65. The van der Waals surface area contributed by atoms with Crippen molar-refractivity contribution in [3.05, 3.63) is 0 Å². The summed E-state index contributed by atoms with van der Waals surface area (Å²) in [6, 6.07) is 0.852. The van der Waals surface area contributed by atoms with Crippen molar-refractivity contribution in [2.45, 2.75) is 32.7 Å². The fourth-order valence-electron chi connectivity index (χ4n) is 2.99. The number of nitrogens with one attached hydrogen (secondary N) is 1. The number of likely N-dealkylation sites (tertiary alicyclic amines) is 1. The Morgan fingerprint density at radius 1 is 1.15 bits per heavy atom. The molecule has 2 aliphatic rings. The molecule has 0 unspecified atom stereocenters. The normalized spacial score (nSPS) is 34.4. The van der Waals surface area contributed by atoms with Gasteiger partial charge in [-0.05, 0) is 37.8 Å². The molecular weight excluding hydrogens is 160 g/mol. The van der Waals surface area contributed by atoms with Crippen molar-refractivity contribution in [2.24, 2.45) is 11.8 Å². The molecule has 0 aromatic carbocycles. The van der Waals surface area contributed by atoms with Crippen molar-refractivity contribution >= 4 is 0 Å². The SMILES string of the molecule is CCC(CC)N1C[C@H]2CNC[C@H]2C1. The Bertz CT molecular complexity index is 153. The lowest BCUT2D eigenvalue weighted by Crippen LogP contribution is -2.34. The van der Waals surface area contributed by atoms with Crippen LogP contribution in [0.15, 0.2) is 0 Å². The van der Waals surface area contributed by atoms with E-state index in [2.05, 4.69) is 24.1 Å². The number of hydrogen-bond acceptors (Lipinski definition) is 2. The minimum Gasteiger partial charge on any atom is -0.316 e. The Morgan fingerprint density at radius 2 is 1.69 bits per heavy atom. The van der Waals surface area contributed by atoms with E-state index in [1.54, 1.807) is 0 Å². The van der Waals surface area contributed by atoms with Crippen LogP contribution in [0.1, 0.15) is 26.7 Å². The van der Waals surface area contributed by atoms with E-state index in [-0.39, 0.29) is 0 Å². The van der Waals surface area contributed by atoms with Crippen LogP contribution in [0, 0.1) is 11.8 Å². The third-order valence-electron chi connectivity index (χ3n) is 3.88. The monoisotopic (exact) mass is 182 g/mol. The van der Waals surface area contributed by atoms with Gasteiger partial charge in [0.1, 0.15) is 0 Å². The van der Waals surface area contributed by atoms with Crippen LogP contribution in [-0.2, 0) is 0 Å². The van der Waals surface area contributed by atoms with Gasteiger partial charge in [-0.25, -0.2) is 0 Å². The lowest BCUT2D eigenvalue weighted by molar-refractivity contribution is 0.214.